The fraction of sp³-hybridized carbons (Fsp3) is 0.357. The first-order chi connectivity index (χ1) is 8.27. The number of aliphatic imine (C=N–C) groups is 1. The third kappa shape index (κ3) is 5.92. The number of halogens is 1. The molecule has 0 heterocycles. The SMILES string of the molecule is C#CCN=C(NCC)NC(C)c1ccccc1.I. The summed E-state index contributed by atoms with van der Waals surface area (Å²) in [5.74, 6) is 3.25. The summed E-state index contributed by atoms with van der Waals surface area (Å²) in [5, 5.41) is 6.47. The Morgan fingerprint density at radius 2 is 2.06 bits per heavy atom. The number of nitrogens with zero attached hydrogens (tertiary/aromatic N) is 1. The Bertz CT molecular complexity index is 395. The van der Waals surface area contributed by atoms with Crippen molar-refractivity contribution in [1.29, 1.82) is 0 Å². The van der Waals surface area contributed by atoms with Gasteiger partial charge in [-0.1, -0.05) is 36.3 Å². The number of terminal acetylenes is 1. The molecule has 0 saturated heterocycles. The zero-order valence-corrected chi connectivity index (χ0v) is 13.1. The summed E-state index contributed by atoms with van der Waals surface area (Å²) in [4.78, 5) is 4.26. The van der Waals surface area contributed by atoms with Gasteiger partial charge in [0, 0.05) is 6.54 Å². The van der Waals surface area contributed by atoms with Crippen LogP contribution in [0.15, 0.2) is 35.3 Å². The number of nitrogens with one attached hydrogen (secondary N) is 2. The monoisotopic (exact) mass is 357 g/mol. The highest BCUT2D eigenvalue weighted by Crippen LogP contribution is 2.10. The van der Waals surface area contributed by atoms with Gasteiger partial charge < -0.3 is 10.6 Å². The minimum atomic E-state index is 0. The number of rotatable bonds is 4. The maximum atomic E-state index is 5.20. The largest absolute Gasteiger partial charge is 0.357 e. The van der Waals surface area contributed by atoms with Gasteiger partial charge in [-0.25, -0.2) is 4.99 Å². The molecule has 18 heavy (non-hydrogen) atoms. The van der Waals surface area contributed by atoms with E-state index in [1.54, 1.807) is 0 Å². The van der Waals surface area contributed by atoms with Crippen LogP contribution >= 0.6 is 24.0 Å². The second-order valence-corrected chi connectivity index (χ2v) is 3.68. The molecule has 1 rings (SSSR count). The highest BCUT2D eigenvalue weighted by molar-refractivity contribution is 14.0. The predicted molar refractivity (Wildman–Crippen MR) is 88.2 cm³/mol. The fourth-order valence-corrected chi connectivity index (χ4v) is 1.47. The van der Waals surface area contributed by atoms with Crippen molar-refractivity contribution in [2.75, 3.05) is 13.1 Å². The van der Waals surface area contributed by atoms with Crippen LogP contribution in [0.3, 0.4) is 0 Å². The van der Waals surface area contributed by atoms with E-state index in [0.717, 1.165) is 12.5 Å². The number of benzene rings is 1. The van der Waals surface area contributed by atoms with Crippen molar-refractivity contribution in [3.63, 3.8) is 0 Å². The minimum absolute atomic E-state index is 0. The van der Waals surface area contributed by atoms with E-state index in [1.807, 2.05) is 25.1 Å². The van der Waals surface area contributed by atoms with Crippen LogP contribution in [-0.2, 0) is 0 Å². The summed E-state index contributed by atoms with van der Waals surface area (Å²) in [6.45, 7) is 5.33. The summed E-state index contributed by atoms with van der Waals surface area (Å²) in [5.41, 5.74) is 1.22. The van der Waals surface area contributed by atoms with Gasteiger partial charge in [-0.15, -0.1) is 30.4 Å². The van der Waals surface area contributed by atoms with Gasteiger partial charge in [0.1, 0.15) is 6.54 Å². The molecular formula is C14H20IN3. The molecule has 0 aromatic heterocycles. The van der Waals surface area contributed by atoms with Gasteiger partial charge in [0.25, 0.3) is 0 Å². The lowest BCUT2D eigenvalue weighted by molar-refractivity contribution is 0.689. The van der Waals surface area contributed by atoms with Gasteiger partial charge in [-0.2, -0.15) is 0 Å². The first kappa shape index (κ1) is 16.8. The smallest absolute Gasteiger partial charge is 0.192 e. The lowest BCUT2D eigenvalue weighted by Gasteiger charge is -2.17. The topological polar surface area (TPSA) is 36.4 Å². The molecule has 0 fully saturated rings. The van der Waals surface area contributed by atoms with E-state index in [9.17, 15) is 0 Å². The van der Waals surface area contributed by atoms with Crippen molar-refractivity contribution in [2.24, 2.45) is 4.99 Å². The zero-order chi connectivity index (χ0) is 12.5. The van der Waals surface area contributed by atoms with Crippen molar-refractivity contribution >= 4 is 29.9 Å². The molecule has 1 atom stereocenters. The molecule has 2 N–H and O–H groups in total. The fourth-order valence-electron chi connectivity index (χ4n) is 1.47. The summed E-state index contributed by atoms with van der Waals surface area (Å²) < 4.78 is 0. The quantitative estimate of drug-likeness (QED) is 0.376. The molecule has 0 spiro atoms. The highest BCUT2D eigenvalue weighted by Gasteiger charge is 2.06. The molecular weight excluding hydrogens is 337 g/mol. The van der Waals surface area contributed by atoms with Gasteiger partial charge in [-0.3, -0.25) is 0 Å². The van der Waals surface area contributed by atoms with Crippen molar-refractivity contribution in [3.05, 3.63) is 35.9 Å². The van der Waals surface area contributed by atoms with Crippen LogP contribution in [0.2, 0.25) is 0 Å². The van der Waals surface area contributed by atoms with Crippen LogP contribution in [-0.4, -0.2) is 19.0 Å². The van der Waals surface area contributed by atoms with Crippen LogP contribution in [0, 0.1) is 12.3 Å². The van der Waals surface area contributed by atoms with Crippen LogP contribution in [0.25, 0.3) is 0 Å². The molecule has 4 heteroatoms. The third-order valence-electron chi connectivity index (χ3n) is 2.33. The minimum Gasteiger partial charge on any atom is -0.357 e. The molecule has 0 bridgehead atoms. The van der Waals surface area contributed by atoms with E-state index in [1.165, 1.54) is 5.56 Å². The van der Waals surface area contributed by atoms with E-state index in [0.29, 0.717) is 6.54 Å². The van der Waals surface area contributed by atoms with Crippen molar-refractivity contribution < 1.29 is 0 Å². The molecule has 0 aliphatic heterocycles. The Balaban J connectivity index is 0.00000289. The van der Waals surface area contributed by atoms with E-state index in [4.69, 9.17) is 6.42 Å². The first-order valence-electron chi connectivity index (χ1n) is 5.81. The average Bonchev–Trinajstić information content (AvgIpc) is 2.37. The van der Waals surface area contributed by atoms with Gasteiger partial charge in [-0.05, 0) is 19.4 Å². The Morgan fingerprint density at radius 3 is 2.61 bits per heavy atom. The molecule has 1 aromatic carbocycles. The molecule has 0 amide bonds. The molecule has 0 radical (unpaired) electrons. The predicted octanol–water partition coefficient (Wildman–Crippen LogP) is 2.55. The van der Waals surface area contributed by atoms with Gasteiger partial charge >= 0.3 is 0 Å². The summed E-state index contributed by atoms with van der Waals surface area (Å²) in [6.07, 6.45) is 5.20. The van der Waals surface area contributed by atoms with Crippen LogP contribution in [0.4, 0.5) is 0 Å². The Morgan fingerprint density at radius 1 is 1.39 bits per heavy atom. The van der Waals surface area contributed by atoms with E-state index in [-0.39, 0.29) is 30.0 Å². The molecule has 98 valence electrons. The molecule has 0 aliphatic carbocycles. The van der Waals surface area contributed by atoms with Crippen LogP contribution < -0.4 is 10.6 Å². The Hall–Kier alpha value is -1.22. The molecule has 0 saturated carbocycles. The standard InChI is InChI=1S/C14H19N3.HI/c1-4-11-16-14(15-5-2)17-12(3)13-9-7-6-8-10-13;/h1,6-10,12H,5,11H2,2-3H3,(H2,15,16,17);1H. The second-order valence-electron chi connectivity index (χ2n) is 3.68. The molecule has 3 nitrogen and oxygen atoms in total. The van der Waals surface area contributed by atoms with Crippen molar-refractivity contribution in [1.82, 2.24) is 10.6 Å². The number of guanidine groups is 1. The molecule has 0 aliphatic rings. The lowest BCUT2D eigenvalue weighted by Crippen LogP contribution is -2.38. The summed E-state index contributed by atoms with van der Waals surface area (Å²) >= 11 is 0. The van der Waals surface area contributed by atoms with Crippen LogP contribution in [0.5, 0.6) is 0 Å². The Labute approximate surface area is 126 Å². The maximum Gasteiger partial charge on any atom is 0.192 e. The normalized spacial score (nSPS) is 11.9. The van der Waals surface area contributed by atoms with Crippen LogP contribution in [0.1, 0.15) is 25.5 Å². The van der Waals surface area contributed by atoms with Crippen molar-refractivity contribution in [3.8, 4) is 12.3 Å². The van der Waals surface area contributed by atoms with Gasteiger partial charge in [0.15, 0.2) is 5.96 Å². The Kier molecular flexibility index (Phi) is 9.11. The van der Waals surface area contributed by atoms with Gasteiger partial charge in [0.2, 0.25) is 0 Å². The zero-order valence-electron chi connectivity index (χ0n) is 10.8. The van der Waals surface area contributed by atoms with E-state index in [2.05, 4.69) is 40.6 Å². The lowest BCUT2D eigenvalue weighted by atomic mass is 10.1. The third-order valence-corrected chi connectivity index (χ3v) is 2.33. The second kappa shape index (κ2) is 9.77. The number of hydrogen-bond donors (Lipinski definition) is 2. The molecule has 1 aromatic rings. The van der Waals surface area contributed by atoms with Gasteiger partial charge in [0.05, 0.1) is 6.04 Å². The highest BCUT2D eigenvalue weighted by atomic mass is 127. The van der Waals surface area contributed by atoms with E-state index >= 15 is 0 Å². The average molecular weight is 357 g/mol. The maximum absolute atomic E-state index is 5.20. The van der Waals surface area contributed by atoms with E-state index < -0.39 is 0 Å². The summed E-state index contributed by atoms with van der Waals surface area (Å²) in [6, 6.07) is 10.4. The number of hydrogen-bond acceptors (Lipinski definition) is 1. The molecule has 1 unspecified atom stereocenters. The van der Waals surface area contributed by atoms with Crippen molar-refractivity contribution in [2.45, 2.75) is 19.9 Å². The summed E-state index contributed by atoms with van der Waals surface area (Å²) in [7, 11) is 0. The first-order valence-corrected chi connectivity index (χ1v) is 5.81.